The fourth-order valence-electron chi connectivity index (χ4n) is 4.96. The number of hydrogen-bond acceptors (Lipinski definition) is 4. The number of benzene rings is 3. The largest absolute Gasteiger partial charge is 0.486 e. The smallest absolute Gasteiger partial charge is 0.417 e. The molecule has 0 radical (unpaired) electrons. The van der Waals surface area contributed by atoms with Crippen LogP contribution in [0.15, 0.2) is 66.7 Å². The molecule has 9 heteroatoms. The minimum atomic E-state index is -4.45. The van der Waals surface area contributed by atoms with Crippen LogP contribution in [0, 0.1) is 0 Å². The Bertz CT molecular complexity index is 1380. The summed E-state index contributed by atoms with van der Waals surface area (Å²) in [5, 5.41) is 0. The molecule has 3 aromatic carbocycles. The minimum absolute atomic E-state index is 0.0949. The first kappa shape index (κ1) is 23.4. The van der Waals surface area contributed by atoms with Crippen molar-refractivity contribution in [2.45, 2.75) is 37.5 Å². The normalized spacial score (nSPS) is 21.3. The second kappa shape index (κ2) is 8.71. The van der Waals surface area contributed by atoms with Gasteiger partial charge in [0.15, 0.2) is 0 Å². The van der Waals surface area contributed by atoms with E-state index in [4.69, 9.17) is 4.74 Å². The molecule has 1 unspecified atom stereocenters. The third kappa shape index (κ3) is 4.77. The number of carbonyl (C=O) groups is 1. The van der Waals surface area contributed by atoms with E-state index < -0.39 is 33.6 Å². The zero-order valence-corrected chi connectivity index (χ0v) is 19.3. The Balaban J connectivity index is 1.38. The van der Waals surface area contributed by atoms with Crippen molar-refractivity contribution in [1.82, 2.24) is 4.72 Å². The van der Waals surface area contributed by atoms with E-state index in [1.807, 2.05) is 10.8 Å². The lowest BCUT2D eigenvalue weighted by atomic mass is 9.93. The highest BCUT2D eigenvalue weighted by Gasteiger charge is 2.35. The molecule has 0 bridgehead atoms. The van der Waals surface area contributed by atoms with Crippen LogP contribution >= 0.6 is 0 Å². The Hall–Kier alpha value is -3.33. The molecule has 1 heterocycles. The first-order valence-corrected chi connectivity index (χ1v) is 12.8. The van der Waals surface area contributed by atoms with Gasteiger partial charge in [0.2, 0.25) is 15.9 Å². The van der Waals surface area contributed by atoms with Gasteiger partial charge in [-0.15, -0.1) is 0 Å². The number of carbonyl (C=O) groups excluding carboxylic acids is 1. The molecule has 1 N–H and O–H groups in total. The monoisotopic (exact) mass is 501 g/mol. The Morgan fingerprint density at radius 1 is 0.914 bits per heavy atom. The molecule has 2 atom stereocenters. The van der Waals surface area contributed by atoms with Gasteiger partial charge in [-0.25, -0.2) is 8.42 Å². The average molecular weight is 502 g/mol. The number of sulfonamides is 1. The van der Waals surface area contributed by atoms with Crippen molar-refractivity contribution < 1.29 is 31.1 Å². The Morgan fingerprint density at radius 3 is 2.34 bits per heavy atom. The fourth-order valence-corrected chi connectivity index (χ4v) is 6.31. The summed E-state index contributed by atoms with van der Waals surface area (Å²) < 4.78 is 72.7. The number of halogens is 3. The van der Waals surface area contributed by atoms with Crippen LogP contribution in [0.2, 0.25) is 0 Å². The van der Waals surface area contributed by atoms with E-state index in [-0.39, 0.29) is 23.8 Å². The molecule has 35 heavy (non-hydrogen) atoms. The molecular weight excluding hydrogens is 479 g/mol. The van der Waals surface area contributed by atoms with Crippen LogP contribution in [0.3, 0.4) is 0 Å². The van der Waals surface area contributed by atoms with Gasteiger partial charge in [0.1, 0.15) is 11.9 Å². The summed E-state index contributed by atoms with van der Waals surface area (Å²) in [6, 6.07) is 17.9. The molecule has 0 spiro atoms. The van der Waals surface area contributed by atoms with Crippen LogP contribution in [0.1, 0.15) is 47.1 Å². The highest BCUT2D eigenvalue weighted by atomic mass is 32.2. The van der Waals surface area contributed by atoms with Crippen molar-refractivity contribution in [1.29, 1.82) is 0 Å². The Kier molecular flexibility index (Phi) is 5.83. The summed E-state index contributed by atoms with van der Waals surface area (Å²) in [5.41, 5.74) is 2.50. The molecule has 0 saturated carbocycles. The predicted octanol–water partition coefficient (Wildman–Crippen LogP) is 5.37. The molecule has 3 aromatic rings. The van der Waals surface area contributed by atoms with Crippen LogP contribution in [0.5, 0.6) is 5.75 Å². The quantitative estimate of drug-likeness (QED) is 0.522. The highest BCUT2D eigenvalue weighted by Crippen LogP contribution is 2.43. The summed E-state index contributed by atoms with van der Waals surface area (Å²) in [7, 11) is -3.63. The van der Waals surface area contributed by atoms with Gasteiger partial charge in [-0.3, -0.25) is 9.52 Å². The number of hydrogen-bond donors (Lipinski definition) is 1. The third-order valence-electron chi connectivity index (χ3n) is 6.49. The van der Waals surface area contributed by atoms with Crippen LogP contribution in [0.25, 0.3) is 11.1 Å². The molecule has 1 amide bonds. The fraction of sp³-hybridized carbons (Fsp3) is 0.269. The van der Waals surface area contributed by atoms with Crippen molar-refractivity contribution in [3.8, 4) is 16.9 Å². The van der Waals surface area contributed by atoms with Crippen molar-refractivity contribution in [3.63, 3.8) is 0 Å². The Morgan fingerprint density at radius 2 is 1.63 bits per heavy atom. The molecule has 1 fully saturated rings. The van der Waals surface area contributed by atoms with E-state index in [1.165, 1.54) is 12.1 Å². The number of ether oxygens (including phenoxy) is 1. The highest BCUT2D eigenvalue weighted by molar-refractivity contribution is 7.90. The predicted molar refractivity (Wildman–Crippen MR) is 124 cm³/mol. The molecule has 2 aliphatic rings. The molecular formula is C26H22F3NO4S. The van der Waals surface area contributed by atoms with E-state index in [0.29, 0.717) is 24.2 Å². The summed E-state index contributed by atoms with van der Waals surface area (Å²) in [4.78, 5) is 11.7. The number of amides is 1. The van der Waals surface area contributed by atoms with E-state index in [1.54, 1.807) is 42.5 Å². The maximum atomic E-state index is 13.6. The van der Waals surface area contributed by atoms with Gasteiger partial charge in [0.25, 0.3) is 0 Å². The van der Waals surface area contributed by atoms with Gasteiger partial charge in [0, 0.05) is 12.3 Å². The molecule has 1 aliphatic carbocycles. The number of alkyl halides is 3. The van der Waals surface area contributed by atoms with Crippen LogP contribution in [-0.2, 0) is 27.4 Å². The maximum absolute atomic E-state index is 13.6. The third-order valence-corrected chi connectivity index (χ3v) is 7.87. The standard InChI is InChI=1S/C26H22F3NO4S/c27-26(28,29)23-7-2-1-4-21(23)19-5-3-6-22-20(19)12-13-24(22)34-18-10-8-16(9-11-18)17-14-25(31)30-35(32,33)15-17/h1-11,17,24H,12-15H2,(H,30,31)/t17?,24-/m1/s1. The number of nitrogens with one attached hydrogen (secondary N) is 1. The second-order valence-corrected chi connectivity index (χ2v) is 10.6. The van der Waals surface area contributed by atoms with E-state index in [0.717, 1.165) is 22.8 Å². The first-order valence-electron chi connectivity index (χ1n) is 11.2. The minimum Gasteiger partial charge on any atom is -0.486 e. The first-order chi connectivity index (χ1) is 16.6. The van der Waals surface area contributed by atoms with Crippen molar-refractivity contribution in [2.75, 3.05) is 5.75 Å². The lowest BCUT2D eigenvalue weighted by Crippen LogP contribution is -2.40. The van der Waals surface area contributed by atoms with Gasteiger partial charge in [0.05, 0.1) is 11.3 Å². The van der Waals surface area contributed by atoms with Crippen molar-refractivity contribution in [2.24, 2.45) is 0 Å². The molecule has 1 saturated heterocycles. The van der Waals surface area contributed by atoms with Gasteiger partial charge in [-0.1, -0.05) is 48.5 Å². The number of fused-ring (bicyclic) bond motifs is 1. The average Bonchev–Trinajstić information content (AvgIpc) is 3.20. The van der Waals surface area contributed by atoms with Crippen LogP contribution < -0.4 is 9.46 Å². The molecule has 5 nitrogen and oxygen atoms in total. The topological polar surface area (TPSA) is 72.5 Å². The molecule has 0 aromatic heterocycles. The lowest BCUT2D eigenvalue weighted by Gasteiger charge is -2.23. The SMILES string of the molecule is O=C1CC(c2ccc(O[C@@H]3CCc4c(-c5ccccc5C(F)(F)F)cccc43)cc2)CS(=O)(=O)N1. The molecule has 5 rings (SSSR count). The summed E-state index contributed by atoms with van der Waals surface area (Å²) >= 11 is 0. The second-order valence-electron chi connectivity index (χ2n) is 8.84. The zero-order chi connectivity index (χ0) is 24.8. The summed E-state index contributed by atoms with van der Waals surface area (Å²) in [6.07, 6.45) is -3.45. The maximum Gasteiger partial charge on any atom is 0.417 e. The van der Waals surface area contributed by atoms with E-state index in [9.17, 15) is 26.4 Å². The van der Waals surface area contributed by atoms with Crippen LogP contribution in [0.4, 0.5) is 13.2 Å². The zero-order valence-electron chi connectivity index (χ0n) is 18.5. The van der Waals surface area contributed by atoms with Crippen molar-refractivity contribution >= 4 is 15.9 Å². The molecule has 182 valence electrons. The van der Waals surface area contributed by atoms with Gasteiger partial charge in [-0.05, 0) is 58.9 Å². The van der Waals surface area contributed by atoms with Gasteiger partial charge >= 0.3 is 6.18 Å². The van der Waals surface area contributed by atoms with E-state index >= 15 is 0 Å². The number of rotatable bonds is 4. The van der Waals surface area contributed by atoms with E-state index in [2.05, 4.69) is 0 Å². The molecule has 1 aliphatic heterocycles. The van der Waals surface area contributed by atoms with Crippen molar-refractivity contribution in [3.05, 3.63) is 89.0 Å². The Labute approximate surface area is 201 Å². The summed E-state index contributed by atoms with van der Waals surface area (Å²) in [6.45, 7) is 0. The summed E-state index contributed by atoms with van der Waals surface area (Å²) in [5.74, 6) is -0.536. The van der Waals surface area contributed by atoms with Crippen LogP contribution in [-0.4, -0.2) is 20.1 Å². The van der Waals surface area contributed by atoms with Gasteiger partial charge < -0.3 is 4.74 Å². The van der Waals surface area contributed by atoms with Gasteiger partial charge in [-0.2, -0.15) is 13.2 Å². The lowest BCUT2D eigenvalue weighted by molar-refractivity contribution is -0.137.